The highest BCUT2D eigenvalue weighted by molar-refractivity contribution is 5.95. The largest absolute Gasteiger partial charge is 0.352 e. The Morgan fingerprint density at radius 3 is 2.95 bits per heavy atom. The van der Waals surface area contributed by atoms with Crippen LogP contribution in [0, 0.1) is 0 Å². The maximum atomic E-state index is 12.0. The quantitative estimate of drug-likeness (QED) is 0.618. The first-order chi connectivity index (χ1) is 9.79. The van der Waals surface area contributed by atoms with E-state index in [1.165, 1.54) is 24.8 Å². The van der Waals surface area contributed by atoms with Gasteiger partial charge in [0.15, 0.2) is 0 Å². The van der Waals surface area contributed by atoms with Crippen molar-refractivity contribution in [3.8, 4) is 0 Å². The Morgan fingerprint density at radius 2 is 2.20 bits per heavy atom. The summed E-state index contributed by atoms with van der Waals surface area (Å²) in [6.45, 7) is 0.663. The number of amides is 2. The van der Waals surface area contributed by atoms with Gasteiger partial charge < -0.3 is 10.6 Å². The summed E-state index contributed by atoms with van der Waals surface area (Å²) >= 11 is 0. The number of carbonyl (C=O) groups is 2. The SMILES string of the molecule is O=CNc1cccc(C(=O)NCCC2=CCCCC2)c1. The first-order valence-electron chi connectivity index (χ1n) is 7.06. The molecular formula is C16H20N2O2. The van der Waals surface area contributed by atoms with Crippen LogP contribution in [-0.2, 0) is 4.79 Å². The highest BCUT2D eigenvalue weighted by Crippen LogP contribution is 2.19. The van der Waals surface area contributed by atoms with E-state index >= 15 is 0 Å². The second-order valence-electron chi connectivity index (χ2n) is 4.96. The number of allylic oxidation sites excluding steroid dienone is 1. The number of hydrogen-bond donors (Lipinski definition) is 2. The molecule has 0 aromatic heterocycles. The van der Waals surface area contributed by atoms with Crippen molar-refractivity contribution in [2.24, 2.45) is 0 Å². The minimum atomic E-state index is -0.101. The minimum absolute atomic E-state index is 0.101. The lowest BCUT2D eigenvalue weighted by atomic mass is 9.97. The molecule has 0 saturated carbocycles. The molecule has 20 heavy (non-hydrogen) atoms. The van der Waals surface area contributed by atoms with E-state index in [2.05, 4.69) is 16.7 Å². The molecule has 0 unspecified atom stereocenters. The molecule has 2 rings (SSSR count). The molecule has 0 spiro atoms. The maximum Gasteiger partial charge on any atom is 0.251 e. The first kappa shape index (κ1) is 14.3. The normalized spacial score (nSPS) is 14.3. The van der Waals surface area contributed by atoms with Crippen LogP contribution >= 0.6 is 0 Å². The second-order valence-corrected chi connectivity index (χ2v) is 4.96. The summed E-state index contributed by atoms with van der Waals surface area (Å²) in [6.07, 6.45) is 8.71. The summed E-state index contributed by atoms with van der Waals surface area (Å²) in [5.41, 5.74) is 2.64. The number of anilines is 1. The van der Waals surface area contributed by atoms with Crippen molar-refractivity contribution in [2.45, 2.75) is 32.1 Å². The van der Waals surface area contributed by atoms with Gasteiger partial charge in [-0.15, -0.1) is 0 Å². The molecular weight excluding hydrogens is 252 g/mol. The summed E-state index contributed by atoms with van der Waals surface area (Å²) in [7, 11) is 0. The Balaban J connectivity index is 1.83. The average molecular weight is 272 g/mol. The lowest BCUT2D eigenvalue weighted by Crippen LogP contribution is -2.24. The van der Waals surface area contributed by atoms with Crippen LogP contribution in [0.3, 0.4) is 0 Å². The van der Waals surface area contributed by atoms with Gasteiger partial charge in [-0.2, -0.15) is 0 Å². The Kier molecular flexibility index (Phi) is 5.35. The topological polar surface area (TPSA) is 58.2 Å². The van der Waals surface area contributed by atoms with Crippen molar-refractivity contribution in [2.75, 3.05) is 11.9 Å². The van der Waals surface area contributed by atoms with Crippen molar-refractivity contribution in [1.29, 1.82) is 0 Å². The fourth-order valence-electron chi connectivity index (χ4n) is 2.39. The van der Waals surface area contributed by atoms with E-state index < -0.39 is 0 Å². The highest BCUT2D eigenvalue weighted by Gasteiger charge is 2.07. The van der Waals surface area contributed by atoms with Gasteiger partial charge in [0, 0.05) is 17.8 Å². The third-order valence-corrected chi connectivity index (χ3v) is 3.47. The maximum absolute atomic E-state index is 12.0. The predicted molar refractivity (Wildman–Crippen MR) is 79.6 cm³/mol. The van der Waals surface area contributed by atoms with E-state index in [1.54, 1.807) is 24.3 Å². The van der Waals surface area contributed by atoms with Gasteiger partial charge >= 0.3 is 0 Å². The van der Waals surface area contributed by atoms with Gasteiger partial charge in [0.2, 0.25) is 6.41 Å². The van der Waals surface area contributed by atoms with Crippen molar-refractivity contribution in [3.63, 3.8) is 0 Å². The predicted octanol–water partition coefficient (Wildman–Crippen LogP) is 2.88. The minimum Gasteiger partial charge on any atom is -0.352 e. The van der Waals surface area contributed by atoms with E-state index in [4.69, 9.17) is 0 Å². The molecule has 1 aromatic rings. The summed E-state index contributed by atoms with van der Waals surface area (Å²) in [4.78, 5) is 22.4. The Morgan fingerprint density at radius 1 is 1.30 bits per heavy atom. The molecule has 106 valence electrons. The van der Waals surface area contributed by atoms with Crippen molar-refractivity contribution in [3.05, 3.63) is 41.5 Å². The molecule has 0 heterocycles. The lowest BCUT2D eigenvalue weighted by Gasteiger charge is -2.13. The van der Waals surface area contributed by atoms with Crippen LogP contribution in [-0.4, -0.2) is 18.9 Å². The third kappa shape index (κ3) is 4.23. The van der Waals surface area contributed by atoms with Gasteiger partial charge in [0.1, 0.15) is 0 Å². The van der Waals surface area contributed by atoms with E-state index in [-0.39, 0.29) is 5.91 Å². The van der Waals surface area contributed by atoms with Crippen molar-refractivity contribution in [1.82, 2.24) is 5.32 Å². The number of rotatable bonds is 6. The molecule has 0 atom stereocenters. The second kappa shape index (κ2) is 7.48. The smallest absolute Gasteiger partial charge is 0.251 e. The zero-order valence-corrected chi connectivity index (χ0v) is 11.5. The van der Waals surface area contributed by atoms with Gasteiger partial charge in [0.05, 0.1) is 0 Å². The fourth-order valence-corrected chi connectivity index (χ4v) is 2.39. The molecule has 1 aliphatic carbocycles. The number of benzene rings is 1. The molecule has 1 aliphatic rings. The third-order valence-electron chi connectivity index (χ3n) is 3.47. The summed E-state index contributed by atoms with van der Waals surface area (Å²) < 4.78 is 0. The van der Waals surface area contributed by atoms with Crippen LogP contribution in [0.25, 0.3) is 0 Å². The van der Waals surface area contributed by atoms with Gasteiger partial charge in [0.25, 0.3) is 5.91 Å². The van der Waals surface area contributed by atoms with E-state index in [0.29, 0.717) is 24.2 Å². The van der Waals surface area contributed by atoms with Gasteiger partial charge in [-0.3, -0.25) is 9.59 Å². The number of nitrogens with one attached hydrogen (secondary N) is 2. The standard InChI is InChI=1S/C16H20N2O2/c19-12-18-15-8-4-7-14(11-15)16(20)17-10-9-13-5-2-1-3-6-13/h4-5,7-8,11-12H,1-3,6,9-10H2,(H,17,20)(H,18,19). The molecule has 2 amide bonds. The lowest BCUT2D eigenvalue weighted by molar-refractivity contribution is -0.105. The zero-order valence-electron chi connectivity index (χ0n) is 11.5. The van der Waals surface area contributed by atoms with Gasteiger partial charge in [-0.25, -0.2) is 0 Å². The first-order valence-corrected chi connectivity index (χ1v) is 7.06. The Labute approximate surface area is 119 Å². The molecule has 0 saturated heterocycles. The average Bonchev–Trinajstić information content (AvgIpc) is 2.49. The van der Waals surface area contributed by atoms with Gasteiger partial charge in [-0.05, 0) is 50.3 Å². The van der Waals surface area contributed by atoms with Crippen molar-refractivity contribution >= 4 is 18.0 Å². The molecule has 0 aliphatic heterocycles. The zero-order chi connectivity index (χ0) is 14.2. The monoisotopic (exact) mass is 272 g/mol. The van der Waals surface area contributed by atoms with Gasteiger partial charge in [-0.1, -0.05) is 17.7 Å². The molecule has 4 nitrogen and oxygen atoms in total. The summed E-state index contributed by atoms with van der Waals surface area (Å²) in [6, 6.07) is 6.91. The molecule has 0 fully saturated rings. The molecule has 0 radical (unpaired) electrons. The Hall–Kier alpha value is -2.10. The van der Waals surface area contributed by atoms with E-state index in [1.807, 2.05) is 0 Å². The van der Waals surface area contributed by atoms with E-state index in [0.717, 1.165) is 12.8 Å². The molecule has 4 heteroatoms. The summed E-state index contributed by atoms with van der Waals surface area (Å²) in [5.74, 6) is -0.101. The van der Waals surface area contributed by atoms with E-state index in [9.17, 15) is 9.59 Å². The molecule has 0 bridgehead atoms. The van der Waals surface area contributed by atoms with Crippen LogP contribution < -0.4 is 10.6 Å². The highest BCUT2D eigenvalue weighted by atomic mass is 16.1. The Bertz CT molecular complexity index is 509. The number of hydrogen-bond acceptors (Lipinski definition) is 2. The summed E-state index contributed by atoms with van der Waals surface area (Å²) in [5, 5.41) is 5.46. The van der Waals surface area contributed by atoms with Crippen LogP contribution in [0.5, 0.6) is 0 Å². The number of carbonyl (C=O) groups excluding carboxylic acids is 2. The molecule has 2 N–H and O–H groups in total. The van der Waals surface area contributed by atoms with Crippen LogP contribution in [0.2, 0.25) is 0 Å². The van der Waals surface area contributed by atoms with Crippen LogP contribution in [0.15, 0.2) is 35.9 Å². The molecule has 1 aromatic carbocycles. The van der Waals surface area contributed by atoms with Crippen LogP contribution in [0.1, 0.15) is 42.5 Å². The van der Waals surface area contributed by atoms with Crippen molar-refractivity contribution < 1.29 is 9.59 Å². The van der Waals surface area contributed by atoms with Crippen LogP contribution in [0.4, 0.5) is 5.69 Å². The fraction of sp³-hybridized carbons (Fsp3) is 0.375.